The number of ether oxygens (including phenoxy) is 1. The Labute approximate surface area is 89.5 Å². The smallest absolute Gasteiger partial charge is 0.140 e. The number of nitrogens with zero attached hydrogens (tertiary/aromatic N) is 1. The van der Waals surface area contributed by atoms with Crippen molar-refractivity contribution in [2.24, 2.45) is 5.92 Å². The summed E-state index contributed by atoms with van der Waals surface area (Å²) in [5.74, 6) is 0.353. The number of aryl methyl sites for hydroxylation is 1. The van der Waals surface area contributed by atoms with Gasteiger partial charge in [-0.15, -0.1) is 0 Å². The van der Waals surface area contributed by atoms with Crippen molar-refractivity contribution in [1.29, 1.82) is 0 Å². The fourth-order valence-electron chi connectivity index (χ4n) is 1.87. The normalized spacial score (nSPS) is 21.7. The van der Waals surface area contributed by atoms with Crippen LogP contribution in [-0.4, -0.2) is 24.0 Å². The molecular formula is C12H15NO2. The minimum absolute atomic E-state index is 0.0293. The summed E-state index contributed by atoms with van der Waals surface area (Å²) in [7, 11) is 0. The molecule has 1 aromatic heterocycles. The largest absolute Gasteiger partial charge is 0.380 e. The van der Waals surface area contributed by atoms with Crippen molar-refractivity contribution in [2.45, 2.75) is 19.8 Å². The number of pyridine rings is 1. The molecule has 0 amide bonds. The molecule has 1 fully saturated rings. The minimum Gasteiger partial charge on any atom is -0.380 e. The topological polar surface area (TPSA) is 39.2 Å². The van der Waals surface area contributed by atoms with Crippen molar-refractivity contribution in [1.82, 2.24) is 4.98 Å². The Morgan fingerprint density at radius 2 is 2.47 bits per heavy atom. The van der Waals surface area contributed by atoms with Gasteiger partial charge in [0.05, 0.1) is 13.2 Å². The maximum absolute atomic E-state index is 11.6. The molecule has 80 valence electrons. The summed E-state index contributed by atoms with van der Waals surface area (Å²) in [6.07, 6.45) is 3.10. The Balaban J connectivity index is 2.08. The Bertz CT molecular complexity index is 362. The van der Waals surface area contributed by atoms with Gasteiger partial charge in [0.1, 0.15) is 5.78 Å². The lowest BCUT2D eigenvalue weighted by Gasteiger charge is -2.21. The van der Waals surface area contributed by atoms with Crippen LogP contribution in [0.4, 0.5) is 0 Å². The van der Waals surface area contributed by atoms with Gasteiger partial charge in [0, 0.05) is 24.2 Å². The molecule has 15 heavy (non-hydrogen) atoms. The molecule has 0 aromatic carbocycles. The highest BCUT2D eigenvalue weighted by Gasteiger charge is 2.23. The number of hydrogen-bond acceptors (Lipinski definition) is 3. The van der Waals surface area contributed by atoms with Crippen LogP contribution in [-0.2, 0) is 16.0 Å². The van der Waals surface area contributed by atoms with Crippen molar-refractivity contribution in [3.05, 3.63) is 29.6 Å². The monoisotopic (exact) mass is 205 g/mol. The van der Waals surface area contributed by atoms with E-state index < -0.39 is 0 Å². The minimum atomic E-state index is 0.0293. The Kier molecular flexibility index (Phi) is 3.11. The molecule has 1 saturated heterocycles. The zero-order valence-electron chi connectivity index (χ0n) is 8.90. The molecular weight excluding hydrogens is 190 g/mol. The number of rotatable bonds is 2. The molecule has 2 heterocycles. The molecule has 0 bridgehead atoms. The second-order valence-electron chi connectivity index (χ2n) is 3.94. The van der Waals surface area contributed by atoms with Gasteiger partial charge in [-0.1, -0.05) is 6.07 Å². The Morgan fingerprint density at radius 3 is 3.20 bits per heavy atom. The number of ketones is 1. The third-order valence-corrected chi connectivity index (χ3v) is 2.85. The van der Waals surface area contributed by atoms with Crippen molar-refractivity contribution in [3.63, 3.8) is 0 Å². The molecule has 0 spiro atoms. The van der Waals surface area contributed by atoms with Crippen molar-refractivity contribution >= 4 is 5.78 Å². The van der Waals surface area contributed by atoms with E-state index in [1.54, 1.807) is 6.20 Å². The van der Waals surface area contributed by atoms with Crippen molar-refractivity contribution < 1.29 is 9.53 Å². The van der Waals surface area contributed by atoms with Crippen LogP contribution in [0.25, 0.3) is 0 Å². The molecule has 0 N–H and O–H groups in total. The zero-order chi connectivity index (χ0) is 10.7. The van der Waals surface area contributed by atoms with Crippen LogP contribution < -0.4 is 0 Å². The van der Waals surface area contributed by atoms with Crippen LogP contribution in [0.2, 0.25) is 0 Å². The van der Waals surface area contributed by atoms with E-state index in [1.807, 2.05) is 19.1 Å². The number of aromatic nitrogens is 1. The lowest BCUT2D eigenvalue weighted by Crippen LogP contribution is -2.29. The van der Waals surface area contributed by atoms with Gasteiger partial charge in [-0.05, 0) is 25.0 Å². The standard InChI is InChI=1S/C12H15NO2/c1-9-10(3-2-5-13-9)7-11-8-15-6-4-12(11)14/h2-3,5,11H,4,6-8H2,1H3. The van der Waals surface area contributed by atoms with Crippen molar-refractivity contribution in [2.75, 3.05) is 13.2 Å². The highest BCUT2D eigenvalue weighted by molar-refractivity contribution is 5.82. The first-order valence-electron chi connectivity index (χ1n) is 5.28. The average molecular weight is 205 g/mol. The van der Waals surface area contributed by atoms with E-state index in [9.17, 15) is 4.79 Å². The summed E-state index contributed by atoms with van der Waals surface area (Å²) in [5.41, 5.74) is 2.16. The molecule has 1 atom stereocenters. The first-order valence-corrected chi connectivity index (χ1v) is 5.28. The summed E-state index contributed by atoms with van der Waals surface area (Å²) >= 11 is 0. The Hall–Kier alpha value is -1.22. The third kappa shape index (κ3) is 2.42. The second-order valence-corrected chi connectivity index (χ2v) is 3.94. The maximum Gasteiger partial charge on any atom is 0.140 e. The van der Waals surface area contributed by atoms with Gasteiger partial charge >= 0.3 is 0 Å². The van der Waals surface area contributed by atoms with Gasteiger partial charge in [0.15, 0.2) is 0 Å². The highest BCUT2D eigenvalue weighted by Crippen LogP contribution is 2.17. The molecule has 0 radical (unpaired) electrons. The lowest BCUT2D eigenvalue weighted by molar-refractivity contribution is -0.130. The summed E-state index contributed by atoms with van der Waals surface area (Å²) in [6, 6.07) is 3.95. The molecule has 0 saturated carbocycles. The predicted molar refractivity (Wildman–Crippen MR) is 56.6 cm³/mol. The van der Waals surface area contributed by atoms with Crippen LogP contribution in [0.1, 0.15) is 17.7 Å². The molecule has 1 aliphatic heterocycles. The van der Waals surface area contributed by atoms with E-state index in [-0.39, 0.29) is 5.92 Å². The molecule has 3 heteroatoms. The third-order valence-electron chi connectivity index (χ3n) is 2.85. The van der Waals surface area contributed by atoms with E-state index in [2.05, 4.69) is 4.98 Å². The van der Waals surface area contributed by atoms with Gasteiger partial charge in [-0.25, -0.2) is 0 Å². The average Bonchev–Trinajstić information content (AvgIpc) is 2.24. The number of Topliss-reactive ketones (excluding diaryl/α,β-unsaturated/α-hetero) is 1. The van der Waals surface area contributed by atoms with Crippen molar-refractivity contribution in [3.8, 4) is 0 Å². The van der Waals surface area contributed by atoms with E-state index in [0.29, 0.717) is 25.4 Å². The van der Waals surface area contributed by atoms with Crippen LogP contribution in [0.15, 0.2) is 18.3 Å². The molecule has 0 aliphatic carbocycles. The Morgan fingerprint density at radius 1 is 1.60 bits per heavy atom. The molecule has 3 nitrogen and oxygen atoms in total. The summed E-state index contributed by atoms with van der Waals surface area (Å²) in [5, 5.41) is 0. The van der Waals surface area contributed by atoms with E-state index >= 15 is 0 Å². The van der Waals surface area contributed by atoms with Gasteiger partial charge in [0.2, 0.25) is 0 Å². The highest BCUT2D eigenvalue weighted by atomic mass is 16.5. The van der Waals surface area contributed by atoms with Gasteiger partial charge in [-0.2, -0.15) is 0 Å². The van der Waals surface area contributed by atoms with Crippen LogP contribution in [0, 0.1) is 12.8 Å². The summed E-state index contributed by atoms with van der Waals surface area (Å²) in [4.78, 5) is 15.8. The molecule has 1 aromatic rings. The molecule has 2 rings (SSSR count). The summed E-state index contributed by atoms with van der Waals surface area (Å²) < 4.78 is 5.32. The first-order chi connectivity index (χ1) is 7.27. The fraction of sp³-hybridized carbons (Fsp3) is 0.500. The van der Waals surface area contributed by atoms with Gasteiger partial charge < -0.3 is 4.74 Å². The second kappa shape index (κ2) is 4.53. The quantitative estimate of drug-likeness (QED) is 0.735. The molecule has 1 aliphatic rings. The van der Waals surface area contributed by atoms with Crippen LogP contribution in [0.3, 0.4) is 0 Å². The lowest BCUT2D eigenvalue weighted by atomic mass is 9.92. The van der Waals surface area contributed by atoms with E-state index in [0.717, 1.165) is 17.7 Å². The van der Waals surface area contributed by atoms with Crippen LogP contribution >= 0.6 is 0 Å². The number of carbonyl (C=O) groups excluding carboxylic acids is 1. The predicted octanol–water partition coefficient (Wildman–Crippen LogP) is 1.54. The number of hydrogen-bond donors (Lipinski definition) is 0. The van der Waals surface area contributed by atoms with Gasteiger partial charge in [-0.3, -0.25) is 9.78 Å². The fourth-order valence-corrected chi connectivity index (χ4v) is 1.87. The van der Waals surface area contributed by atoms with Gasteiger partial charge in [0.25, 0.3) is 0 Å². The SMILES string of the molecule is Cc1ncccc1CC1COCCC1=O. The summed E-state index contributed by atoms with van der Waals surface area (Å²) in [6.45, 7) is 3.12. The number of carbonyl (C=O) groups is 1. The van der Waals surface area contributed by atoms with E-state index in [4.69, 9.17) is 4.74 Å². The maximum atomic E-state index is 11.6. The van der Waals surface area contributed by atoms with Crippen LogP contribution in [0.5, 0.6) is 0 Å². The molecule has 1 unspecified atom stereocenters. The first kappa shape index (κ1) is 10.3. The zero-order valence-corrected chi connectivity index (χ0v) is 8.90. The van der Waals surface area contributed by atoms with E-state index in [1.165, 1.54) is 0 Å².